The first kappa shape index (κ1) is 31.8. The number of nitrogens with zero attached hydrogens (tertiary/aromatic N) is 5. The molecular formula is C48H35N5O. The highest BCUT2D eigenvalue weighted by molar-refractivity contribution is 6.11. The van der Waals surface area contributed by atoms with Gasteiger partial charge in [0, 0.05) is 44.6 Å². The fourth-order valence-electron chi connectivity index (χ4n) is 7.47. The van der Waals surface area contributed by atoms with E-state index in [9.17, 15) is 0 Å². The van der Waals surface area contributed by atoms with Crippen LogP contribution in [0.4, 0.5) is 0 Å². The molecule has 0 unspecified atom stereocenters. The summed E-state index contributed by atoms with van der Waals surface area (Å²) in [4.78, 5) is 19.8. The first-order valence-electron chi connectivity index (χ1n) is 18.2. The van der Waals surface area contributed by atoms with Crippen LogP contribution in [0, 0.1) is 0 Å². The van der Waals surface area contributed by atoms with Crippen LogP contribution in [0.25, 0.3) is 94.9 Å². The van der Waals surface area contributed by atoms with Gasteiger partial charge in [0.15, 0.2) is 17.5 Å². The topological polar surface area (TPSA) is 69.6 Å². The van der Waals surface area contributed by atoms with Gasteiger partial charge in [-0.1, -0.05) is 130 Å². The second-order valence-corrected chi connectivity index (χ2v) is 14.8. The molecule has 0 amide bonds. The molecule has 0 radical (unpaired) electrons. The molecule has 0 aliphatic heterocycles. The third-order valence-corrected chi connectivity index (χ3v) is 10.3. The smallest absolute Gasteiger partial charge is 0.182 e. The van der Waals surface area contributed by atoms with Crippen molar-refractivity contribution in [3.05, 3.63) is 163 Å². The van der Waals surface area contributed by atoms with E-state index < -0.39 is 0 Å². The molecule has 0 spiro atoms. The maximum Gasteiger partial charge on any atom is 0.182 e. The number of rotatable bonds is 5. The molecule has 10 rings (SSSR count). The molecule has 4 aromatic heterocycles. The van der Waals surface area contributed by atoms with Gasteiger partial charge < -0.3 is 8.98 Å². The molecular weight excluding hydrogens is 663 g/mol. The maximum absolute atomic E-state index is 6.26. The summed E-state index contributed by atoms with van der Waals surface area (Å²) < 4.78 is 8.57. The van der Waals surface area contributed by atoms with Crippen molar-refractivity contribution in [2.45, 2.75) is 26.2 Å². The molecule has 10 aromatic rings. The van der Waals surface area contributed by atoms with E-state index in [1.54, 1.807) is 0 Å². The van der Waals surface area contributed by atoms with Gasteiger partial charge in [0.2, 0.25) is 0 Å². The van der Waals surface area contributed by atoms with Crippen LogP contribution in [0.1, 0.15) is 26.3 Å². The van der Waals surface area contributed by atoms with Crippen LogP contribution >= 0.6 is 0 Å². The third-order valence-electron chi connectivity index (χ3n) is 10.3. The van der Waals surface area contributed by atoms with E-state index in [-0.39, 0.29) is 5.41 Å². The lowest BCUT2D eigenvalue weighted by atomic mass is 9.87. The zero-order valence-corrected chi connectivity index (χ0v) is 30.2. The molecule has 0 saturated carbocycles. The minimum Gasteiger partial charge on any atom is -0.456 e. The average Bonchev–Trinajstić information content (AvgIpc) is 3.76. The number of benzene rings is 6. The monoisotopic (exact) mass is 697 g/mol. The minimum atomic E-state index is 0.0397. The van der Waals surface area contributed by atoms with Crippen LogP contribution in [0.3, 0.4) is 0 Å². The summed E-state index contributed by atoms with van der Waals surface area (Å²) in [5.41, 5.74) is 10.9. The molecule has 6 aromatic carbocycles. The Hall–Kier alpha value is -6.92. The van der Waals surface area contributed by atoms with Crippen LogP contribution < -0.4 is 0 Å². The molecule has 0 atom stereocenters. The highest BCUT2D eigenvalue weighted by Gasteiger charge is 2.19. The van der Waals surface area contributed by atoms with Crippen molar-refractivity contribution in [3.63, 3.8) is 0 Å². The van der Waals surface area contributed by atoms with E-state index in [4.69, 9.17) is 24.4 Å². The van der Waals surface area contributed by atoms with Crippen LogP contribution in [0.2, 0.25) is 0 Å². The largest absolute Gasteiger partial charge is 0.456 e. The van der Waals surface area contributed by atoms with E-state index >= 15 is 0 Å². The van der Waals surface area contributed by atoms with Crippen molar-refractivity contribution in [1.29, 1.82) is 0 Å². The Morgan fingerprint density at radius 3 is 1.83 bits per heavy atom. The molecule has 0 N–H and O–H groups in total. The van der Waals surface area contributed by atoms with Crippen molar-refractivity contribution >= 4 is 43.7 Å². The Labute approximate surface area is 312 Å². The lowest BCUT2D eigenvalue weighted by Gasteiger charge is -2.19. The summed E-state index contributed by atoms with van der Waals surface area (Å²) in [6, 6.07) is 52.6. The second kappa shape index (κ2) is 12.3. The number of fused-ring (bicyclic) bond motifs is 6. The van der Waals surface area contributed by atoms with Crippen LogP contribution in [0.5, 0.6) is 0 Å². The Morgan fingerprint density at radius 1 is 0.463 bits per heavy atom. The van der Waals surface area contributed by atoms with Crippen LogP contribution in [-0.4, -0.2) is 24.5 Å². The lowest BCUT2D eigenvalue weighted by molar-refractivity contribution is 0.590. The van der Waals surface area contributed by atoms with Gasteiger partial charge in [0.05, 0.1) is 11.0 Å². The van der Waals surface area contributed by atoms with Gasteiger partial charge >= 0.3 is 0 Å². The van der Waals surface area contributed by atoms with E-state index in [1.165, 1.54) is 16.3 Å². The first-order chi connectivity index (χ1) is 26.4. The van der Waals surface area contributed by atoms with Crippen LogP contribution in [0.15, 0.2) is 162 Å². The molecule has 258 valence electrons. The van der Waals surface area contributed by atoms with Gasteiger partial charge in [0.1, 0.15) is 16.9 Å². The molecule has 6 heteroatoms. The standard InChI is InChI=1S/C48H35N5O/c1-48(2,3)34-21-17-31(18-22-34)46-50-45(30-11-5-4-6-12-30)51-47(52-46)40-29-35(25-26-49-40)53-41-15-9-7-13-36(41)37-23-19-32(27-42(37)53)33-20-24-39-38-14-8-10-16-43(38)54-44(39)28-33/h4-29H,1-3H3. The van der Waals surface area contributed by atoms with Gasteiger partial charge in [-0.25, -0.2) is 15.0 Å². The van der Waals surface area contributed by atoms with E-state index in [1.807, 2.05) is 54.7 Å². The van der Waals surface area contributed by atoms with E-state index in [0.717, 1.165) is 60.9 Å². The summed E-state index contributed by atoms with van der Waals surface area (Å²) >= 11 is 0. The van der Waals surface area contributed by atoms with Crippen molar-refractivity contribution in [1.82, 2.24) is 24.5 Å². The molecule has 0 fully saturated rings. The number of pyridine rings is 1. The Kier molecular flexibility index (Phi) is 7.27. The zero-order chi connectivity index (χ0) is 36.4. The molecule has 6 nitrogen and oxygen atoms in total. The summed E-state index contributed by atoms with van der Waals surface area (Å²) in [6.45, 7) is 6.65. The molecule has 54 heavy (non-hydrogen) atoms. The summed E-state index contributed by atoms with van der Waals surface area (Å²) in [5.74, 6) is 1.72. The third kappa shape index (κ3) is 5.42. The number of hydrogen-bond acceptors (Lipinski definition) is 5. The van der Waals surface area contributed by atoms with Gasteiger partial charge in [0.25, 0.3) is 0 Å². The van der Waals surface area contributed by atoms with E-state index in [0.29, 0.717) is 23.2 Å². The Balaban J connectivity index is 1.12. The van der Waals surface area contributed by atoms with Crippen molar-refractivity contribution in [2.24, 2.45) is 0 Å². The van der Waals surface area contributed by atoms with Crippen molar-refractivity contribution in [2.75, 3.05) is 0 Å². The van der Waals surface area contributed by atoms with Crippen molar-refractivity contribution in [3.8, 4) is 51.1 Å². The number of aromatic nitrogens is 5. The van der Waals surface area contributed by atoms with Crippen LogP contribution in [-0.2, 0) is 5.41 Å². The lowest BCUT2D eigenvalue weighted by Crippen LogP contribution is -2.10. The zero-order valence-electron chi connectivity index (χ0n) is 30.2. The summed E-state index contributed by atoms with van der Waals surface area (Å²) in [7, 11) is 0. The van der Waals surface area contributed by atoms with Gasteiger partial charge in [-0.2, -0.15) is 0 Å². The number of furan rings is 1. The summed E-state index contributed by atoms with van der Waals surface area (Å²) in [5, 5.41) is 4.60. The highest BCUT2D eigenvalue weighted by Crippen LogP contribution is 2.37. The van der Waals surface area contributed by atoms with E-state index in [2.05, 4.69) is 128 Å². The second-order valence-electron chi connectivity index (χ2n) is 14.8. The molecule has 0 aliphatic carbocycles. The molecule has 0 aliphatic rings. The Bertz CT molecular complexity index is 3020. The SMILES string of the molecule is CC(C)(C)c1ccc(-c2nc(-c3ccccc3)nc(-c3cc(-n4c5ccccc5c5ccc(-c6ccc7c(c6)oc6ccccc67)cc54)ccn3)n2)cc1. The fourth-order valence-corrected chi connectivity index (χ4v) is 7.47. The van der Waals surface area contributed by atoms with Gasteiger partial charge in [-0.05, 0) is 64.6 Å². The van der Waals surface area contributed by atoms with Crippen molar-refractivity contribution < 1.29 is 4.42 Å². The first-order valence-corrected chi connectivity index (χ1v) is 18.2. The number of para-hydroxylation sites is 2. The van der Waals surface area contributed by atoms with Gasteiger partial charge in [-0.3, -0.25) is 4.98 Å². The molecule has 4 heterocycles. The maximum atomic E-state index is 6.26. The highest BCUT2D eigenvalue weighted by atomic mass is 16.3. The predicted octanol–water partition coefficient (Wildman–Crippen LogP) is 12.2. The molecule has 0 saturated heterocycles. The predicted molar refractivity (Wildman–Crippen MR) is 220 cm³/mol. The quantitative estimate of drug-likeness (QED) is 0.179. The van der Waals surface area contributed by atoms with Gasteiger partial charge in [-0.15, -0.1) is 0 Å². The molecule has 0 bridgehead atoms. The summed E-state index contributed by atoms with van der Waals surface area (Å²) in [6.07, 6.45) is 1.84. The Morgan fingerprint density at radius 2 is 1.06 bits per heavy atom. The average molecular weight is 698 g/mol. The minimum absolute atomic E-state index is 0.0397. The normalized spacial score (nSPS) is 12.0. The fraction of sp³-hybridized carbons (Fsp3) is 0.0833. The number of hydrogen-bond donors (Lipinski definition) is 0.